The Morgan fingerprint density at radius 2 is 2.26 bits per heavy atom. The predicted molar refractivity (Wildman–Crippen MR) is 70.5 cm³/mol. The second-order valence-electron chi connectivity index (χ2n) is 5.58. The van der Waals surface area contributed by atoms with Gasteiger partial charge in [0.25, 0.3) is 0 Å². The van der Waals surface area contributed by atoms with Crippen LogP contribution in [0.15, 0.2) is 0 Å². The Kier molecular flexibility index (Phi) is 5.45. The van der Waals surface area contributed by atoms with Crippen LogP contribution in [0.25, 0.3) is 0 Å². The first-order chi connectivity index (χ1) is 8.90. The summed E-state index contributed by atoms with van der Waals surface area (Å²) in [6.07, 6.45) is 1.88. The van der Waals surface area contributed by atoms with Crippen LogP contribution in [0, 0.1) is 23.2 Å². The zero-order valence-corrected chi connectivity index (χ0v) is 11.7. The SMILES string of the molecule is CC(C)CC(C(=O)N1CC(C=O)CC1C#N)N(C)N. The highest BCUT2D eigenvalue weighted by molar-refractivity contribution is 5.83. The van der Waals surface area contributed by atoms with Crippen LogP contribution in [-0.2, 0) is 9.59 Å². The molecule has 1 aliphatic rings. The average molecular weight is 266 g/mol. The van der Waals surface area contributed by atoms with Crippen molar-refractivity contribution in [2.24, 2.45) is 17.7 Å². The number of nitriles is 1. The second kappa shape index (κ2) is 6.64. The standard InChI is InChI=1S/C13H22N4O2/c1-9(2)4-12(16(3)15)13(19)17-7-10(8-18)5-11(17)6-14/h8-12H,4-5,7,15H2,1-3H3. The van der Waals surface area contributed by atoms with Crippen LogP contribution in [0.3, 0.4) is 0 Å². The number of amides is 1. The molecule has 1 saturated heterocycles. The number of likely N-dealkylation sites (N-methyl/N-ethyl adjacent to an activating group) is 1. The van der Waals surface area contributed by atoms with Gasteiger partial charge in [-0.15, -0.1) is 0 Å². The largest absolute Gasteiger partial charge is 0.325 e. The van der Waals surface area contributed by atoms with Crippen LogP contribution >= 0.6 is 0 Å². The lowest BCUT2D eigenvalue weighted by molar-refractivity contribution is -0.137. The minimum Gasteiger partial charge on any atom is -0.325 e. The van der Waals surface area contributed by atoms with Crippen LogP contribution in [0.4, 0.5) is 0 Å². The highest BCUT2D eigenvalue weighted by atomic mass is 16.2. The molecule has 0 saturated carbocycles. The number of hydrogen-bond acceptors (Lipinski definition) is 5. The third-order valence-electron chi connectivity index (χ3n) is 3.43. The van der Waals surface area contributed by atoms with Crippen molar-refractivity contribution in [3.8, 4) is 6.07 Å². The Morgan fingerprint density at radius 1 is 1.63 bits per heavy atom. The number of hydrogen-bond donors (Lipinski definition) is 1. The molecule has 0 aromatic carbocycles. The van der Waals surface area contributed by atoms with E-state index in [0.717, 1.165) is 6.29 Å². The molecule has 1 fully saturated rings. The fourth-order valence-electron chi connectivity index (χ4n) is 2.41. The van der Waals surface area contributed by atoms with Crippen molar-refractivity contribution in [1.29, 1.82) is 5.26 Å². The van der Waals surface area contributed by atoms with Crippen molar-refractivity contribution < 1.29 is 9.59 Å². The van der Waals surface area contributed by atoms with Gasteiger partial charge in [0, 0.05) is 19.5 Å². The summed E-state index contributed by atoms with van der Waals surface area (Å²) in [5.74, 6) is 5.67. The Balaban J connectivity index is 2.84. The van der Waals surface area contributed by atoms with E-state index in [1.807, 2.05) is 13.8 Å². The van der Waals surface area contributed by atoms with E-state index in [9.17, 15) is 9.59 Å². The monoisotopic (exact) mass is 266 g/mol. The zero-order chi connectivity index (χ0) is 14.6. The van der Waals surface area contributed by atoms with Gasteiger partial charge < -0.3 is 9.69 Å². The van der Waals surface area contributed by atoms with Crippen molar-refractivity contribution in [2.45, 2.75) is 38.8 Å². The molecule has 3 atom stereocenters. The van der Waals surface area contributed by atoms with Gasteiger partial charge in [-0.2, -0.15) is 5.26 Å². The Bertz CT molecular complexity index is 375. The molecule has 0 aromatic heterocycles. The molecule has 0 aliphatic carbocycles. The predicted octanol–water partition coefficient (Wildman–Crippen LogP) is 0.146. The number of hydrazine groups is 1. The number of aldehydes is 1. The van der Waals surface area contributed by atoms with Crippen LogP contribution in [-0.4, -0.2) is 47.8 Å². The molecular formula is C13H22N4O2. The Morgan fingerprint density at radius 3 is 2.68 bits per heavy atom. The molecule has 1 heterocycles. The van der Waals surface area contributed by atoms with Crippen LogP contribution in [0.1, 0.15) is 26.7 Å². The van der Waals surface area contributed by atoms with Gasteiger partial charge in [-0.1, -0.05) is 13.8 Å². The van der Waals surface area contributed by atoms with Gasteiger partial charge in [0.15, 0.2) is 0 Å². The molecule has 2 N–H and O–H groups in total. The maximum absolute atomic E-state index is 12.5. The maximum atomic E-state index is 12.5. The molecule has 0 aromatic rings. The number of likely N-dealkylation sites (tertiary alicyclic amines) is 1. The van der Waals surface area contributed by atoms with E-state index in [4.69, 9.17) is 11.1 Å². The van der Waals surface area contributed by atoms with Gasteiger partial charge in [0.05, 0.1) is 6.07 Å². The molecule has 1 amide bonds. The fourth-order valence-corrected chi connectivity index (χ4v) is 2.41. The third-order valence-corrected chi connectivity index (χ3v) is 3.43. The number of carbonyl (C=O) groups is 2. The number of nitrogens with zero attached hydrogens (tertiary/aromatic N) is 3. The summed E-state index contributed by atoms with van der Waals surface area (Å²) in [7, 11) is 1.65. The summed E-state index contributed by atoms with van der Waals surface area (Å²) in [6.45, 7) is 4.36. The molecule has 1 aliphatic heterocycles. The van der Waals surface area contributed by atoms with Gasteiger partial charge in [-0.05, 0) is 18.8 Å². The van der Waals surface area contributed by atoms with Gasteiger partial charge in [0.2, 0.25) is 5.91 Å². The summed E-state index contributed by atoms with van der Waals surface area (Å²) >= 11 is 0. The maximum Gasteiger partial charge on any atom is 0.242 e. The fraction of sp³-hybridized carbons (Fsp3) is 0.769. The summed E-state index contributed by atoms with van der Waals surface area (Å²) in [5.41, 5.74) is 0. The molecule has 0 bridgehead atoms. The first-order valence-corrected chi connectivity index (χ1v) is 6.53. The highest BCUT2D eigenvalue weighted by Crippen LogP contribution is 2.24. The van der Waals surface area contributed by atoms with Gasteiger partial charge >= 0.3 is 0 Å². The van der Waals surface area contributed by atoms with Crippen LogP contribution < -0.4 is 5.84 Å². The summed E-state index contributed by atoms with van der Waals surface area (Å²) in [4.78, 5) is 24.8. The topological polar surface area (TPSA) is 90.4 Å². The van der Waals surface area contributed by atoms with E-state index in [1.165, 1.54) is 9.91 Å². The average Bonchev–Trinajstić information content (AvgIpc) is 2.77. The van der Waals surface area contributed by atoms with Crippen molar-refractivity contribution in [3.63, 3.8) is 0 Å². The molecule has 19 heavy (non-hydrogen) atoms. The molecular weight excluding hydrogens is 244 g/mol. The smallest absolute Gasteiger partial charge is 0.242 e. The molecule has 6 nitrogen and oxygen atoms in total. The Hall–Kier alpha value is -1.45. The van der Waals surface area contributed by atoms with Gasteiger partial charge in [0.1, 0.15) is 18.4 Å². The van der Waals surface area contributed by atoms with E-state index in [0.29, 0.717) is 25.3 Å². The molecule has 0 spiro atoms. The third kappa shape index (κ3) is 3.75. The van der Waals surface area contributed by atoms with Crippen molar-refractivity contribution in [2.75, 3.05) is 13.6 Å². The molecule has 3 unspecified atom stereocenters. The molecule has 0 radical (unpaired) electrons. The van der Waals surface area contributed by atoms with Crippen molar-refractivity contribution >= 4 is 12.2 Å². The quantitative estimate of drug-likeness (QED) is 0.434. The highest BCUT2D eigenvalue weighted by Gasteiger charge is 2.38. The second-order valence-corrected chi connectivity index (χ2v) is 5.58. The minimum atomic E-state index is -0.516. The van der Waals surface area contributed by atoms with E-state index in [1.54, 1.807) is 7.05 Å². The lowest BCUT2D eigenvalue weighted by Crippen LogP contribution is -2.51. The molecule has 6 heteroatoms. The number of nitrogens with two attached hydrogens (primary N) is 1. The van der Waals surface area contributed by atoms with Crippen molar-refractivity contribution in [1.82, 2.24) is 9.91 Å². The number of rotatable bonds is 5. The first kappa shape index (κ1) is 15.6. The molecule has 106 valence electrons. The normalized spacial score (nSPS) is 24.6. The summed E-state index contributed by atoms with van der Waals surface area (Å²) in [5, 5.41) is 10.5. The number of carbonyl (C=O) groups excluding carboxylic acids is 2. The van der Waals surface area contributed by atoms with E-state index < -0.39 is 12.1 Å². The first-order valence-electron chi connectivity index (χ1n) is 6.53. The van der Waals surface area contributed by atoms with E-state index in [-0.39, 0.29) is 11.8 Å². The van der Waals surface area contributed by atoms with Gasteiger partial charge in [-0.25, -0.2) is 5.01 Å². The van der Waals surface area contributed by atoms with Crippen LogP contribution in [0.5, 0.6) is 0 Å². The lowest BCUT2D eigenvalue weighted by Gasteiger charge is -2.30. The lowest BCUT2D eigenvalue weighted by atomic mass is 10.0. The van der Waals surface area contributed by atoms with E-state index in [2.05, 4.69) is 6.07 Å². The zero-order valence-electron chi connectivity index (χ0n) is 11.7. The van der Waals surface area contributed by atoms with Gasteiger partial charge in [-0.3, -0.25) is 10.6 Å². The minimum absolute atomic E-state index is 0.158. The Labute approximate surface area is 114 Å². The van der Waals surface area contributed by atoms with E-state index >= 15 is 0 Å². The van der Waals surface area contributed by atoms with Crippen LogP contribution in [0.2, 0.25) is 0 Å². The molecule has 1 rings (SSSR count). The van der Waals surface area contributed by atoms with Crippen molar-refractivity contribution in [3.05, 3.63) is 0 Å². The summed E-state index contributed by atoms with van der Waals surface area (Å²) < 4.78 is 0. The summed E-state index contributed by atoms with van der Waals surface area (Å²) in [6, 6.07) is 1.13.